The summed E-state index contributed by atoms with van der Waals surface area (Å²) >= 11 is 0. The second-order valence-corrected chi connectivity index (χ2v) is 3.48. The summed E-state index contributed by atoms with van der Waals surface area (Å²) in [5, 5.41) is 13.0. The topological polar surface area (TPSA) is 37.6 Å². The highest BCUT2D eigenvalue weighted by Crippen LogP contribution is 2.09. The van der Waals surface area contributed by atoms with Gasteiger partial charge in [-0.25, -0.2) is 5.32 Å². The van der Waals surface area contributed by atoms with Gasteiger partial charge in [-0.15, -0.1) is 0 Å². The minimum absolute atomic E-state index is 0.300. The molecule has 0 aliphatic carbocycles. The lowest BCUT2D eigenvalue weighted by Crippen LogP contribution is -2.42. The lowest BCUT2D eigenvalue weighted by Gasteiger charge is -2.30. The van der Waals surface area contributed by atoms with Crippen LogP contribution in [0.5, 0.6) is 0 Å². The van der Waals surface area contributed by atoms with Gasteiger partial charge in [0.25, 0.3) is 0 Å². The third-order valence-corrected chi connectivity index (χ3v) is 2.49. The normalized spacial score (nSPS) is 24.8. The van der Waals surface area contributed by atoms with Crippen molar-refractivity contribution < 1.29 is 5.11 Å². The van der Waals surface area contributed by atoms with Gasteiger partial charge in [0.1, 0.15) is 0 Å². The molecule has 0 aromatic carbocycles. The second-order valence-electron chi connectivity index (χ2n) is 3.48. The van der Waals surface area contributed by atoms with E-state index in [1.807, 2.05) is 0 Å². The molecule has 1 aliphatic rings. The van der Waals surface area contributed by atoms with E-state index in [0.29, 0.717) is 12.6 Å². The van der Waals surface area contributed by atoms with Gasteiger partial charge in [0.15, 0.2) is 0 Å². The number of piperidine rings is 1. The van der Waals surface area contributed by atoms with Gasteiger partial charge in [0, 0.05) is 32.3 Å². The molecule has 0 saturated carbocycles. The van der Waals surface area contributed by atoms with Crippen molar-refractivity contribution in [1.82, 2.24) is 10.2 Å². The summed E-state index contributed by atoms with van der Waals surface area (Å²) in [5.74, 6) is 0. The van der Waals surface area contributed by atoms with E-state index in [4.69, 9.17) is 5.11 Å². The highest BCUT2D eigenvalue weighted by molar-refractivity contribution is 4.75. The summed E-state index contributed by atoms with van der Waals surface area (Å²) in [6.07, 6.45) is 3.38. The fraction of sp³-hybridized carbons (Fsp3) is 1.00. The van der Waals surface area contributed by atoms with E-state index in [-0.39, 0.29) is 0 Å². The molecule has 3 heteroatoms. The van der Waals surface area contributed by atoms with E-state index >= 15 is 0 Å². The molecule has 71 valence electrons. The van der Waals surface area contributed by atoms with Gasteiger partial charge in [-0.1, -0.05) is 0 Å². The number of likely N-dealkylation sites (N-methyl/N-ethyl adjacent to an activating group) is 1. The number of hydrogen-bond donors (Lipinski definition) is 1. The Kier molecular flexibility index (Phi) is 4.58. The van der Waals surface area contributed by atoms with Gasteiger partial charge in [0.05, 0.1) is 0 Å². The second kappa shape index (κ2) is 5.51. The van der Waals surface area contributed by atoms with Crippen LogP contribution in [0.4, 0.5) is 0 Å². The van der Waals surface area contributed by atoms with Gasteiger partial charge in [-0.2, -0.15) is 0 Å². The van der Waals surface area contributed by atoms with Crippen molar-refractivity contribution in [3.05, 3.63) is 0 Å². The average Bonchev–Trinajstić information content (AvgIpc) is 2.15. The zero-order valence-corrected chi connectivity index (χ0v) is 7.87. The first-order valence-electron chi connectivity index (χ1n) is 4.79. The summed E-state index contributed by atoms with van der Waals surface area (Å²) in [4.78, 5) is 2.32. The van der Waals surface area contributed by atoms with Crippen molar-refractivity contribution in [2.45, 2.75) is 25.3 Å². The van der Waals surface area contributed by atoms with Crippen LogP contribution in [0.15, 0.2) is 0 Å². The molecular formula is C9H19N2O. The maximum atomic E-state index is 8.66. The Hall–Kier alpha value is -0.120. The zero-order chi connectivity index (χ0) is 8.81. The van der Waals surface area contributed by atoms with Crippen LogP contribution < -0.4 is 5.32 Å². The molecule has 0 aromatic rings. The van der Waals surface area contributed by atoms with Crippen molar-refractivity contribution in [3.8, 4) is 0 Å². The van der Waals surface area contributed by atoms with Crippen LogP contribution in [-0.4, -0.2) is 49.3 Å². The summed E-state index contributed by atoms with van der Waals surface area (Å²) in [7, 11) is 2.13. The summed E-state index contributed by atoms with van der Waals surface area (Å²) < 4.78 is 0. The highest BCUT2D eigenvalue weighted by atomic mass is 16.3. The molecule has 3 nitrogen and oxygen atoms in total. The third kappa shape index (κ3) is 3.09. The van der Waals surface area contributed by atoms with E-state index in [0.717, 1.165) is 26.1 Å². The largest absolute Gasteiger partial charge is 0.396 e. The van der Waals surface area contributed by atoms with E-state index < -0.39 is 0 Å². The highest BCUT2D eigenvalue weighted by Gasteiger charge is 2.17. The molecule has 0 amide bonds. The van der Waals surface area contributed by atoms with Gasteiger partial charge in [0.2, 0.25) is 0 Å². The standard InChI is InChI=1S/C9H19N2O/c1-11(6-3-7-12)9-4-2-5-10-8-9/h9,12H,2-8H2,1H3. The van der Waals surface area contributed by atoms with Gasteiger partial charge in [-0.05, 0) is 26.3 Å². The van der Waals surface area contributed by atoms with E-state index in [1.54, 1.807) is 0 Å². The first-order chi connectivity index (χ1) is 5.84. The third-order valence-electron chi connectivity index (χ3n) is 2.49. The minimum Gasteiger partial charge on any atom is -0.396 e. The van der Waals surface area contributed by atoms with Crippen molar-refractivity contribution in [2.75, 3.05) is 33.3 Å². The molecule has 1 radical (unpaired) electrons. The fourth-order valence-electron chi connectivity index (χ4n) is 1.63. The van der Waals surface area contributed by atoms with Crippen LogP contribution in [0.1, 0.15) is 19.3 Å². The molecule has 1 atom stereocenters. The van der Waals surface area contributed by atoms with Gasteiger partial charge in [-0.3, -0.25) is 0 Å². The summed E-state index contributed by atoms with van der Waals surface area (Å²) in [6, 6.07) is 0.630. The first-order valence-corrected chi connectivity index (χ1v) is 4.79. The van der Waals surface area contributed by atoms with Crippen LogP contribution in [0, 0.1) is 0 Å². The molecule has 1 unspecified atom stereocenters. The van der Waals surface area contributed by atoms with E-state index in [9.17, 15) is 0 Å². The van der Waals surface area contributed by atoms with Gasteiger partial charge >= 0.3 is 0 Å². The van der Waals surface area contributed by atoms with Gasteiger partial charge < -0.3 is 10.0 Å². The van der Waals surface area contributed by atoms with Crippen LogP contribution in [0.3, 0.4) is 0 Å². The minimum atomic E-state index is 0.300. The Bertz CT molecular complexity index is 113. The Morgan fingerprint density at radius 2 is 2.42 bits per heavy atom. The Morgan fingerprint density at radius 3 is 3.00 bits per heavy atom. The number of hydrogen-bond acceptors (Lipinski definition) is 2. The molecular weight excluding hydrogens is 152 g/mol. The van der Waals surface area contributed by atoms with Crippen molar-refractivity contribution in [1.29, 1.82) is 0 Å². The van der Waals surface area contributed by atoms with Crippen LogP contribution >= 0.6 is 0 Å². The van der Waals surface area contributed by atoms with E-state index in [1.165, 1.54) is 12.8 Å². The fourth-order valence-corrected chi connectivity index (χ4v) is 1.63. The van der Waals surface area contributed by atoms with Crippen LogP contribution in [0.25, 0.3) is 0 Å². The molecule has 0 bridgehead atoms. The number of aliphatic hydroxyl groups is 1. The zero-order valence-electron chi connectivity index (χ0n) is 7.87. The molecule has 1 heterocycles. The number of aliphatic hydroxyl groups excluding tert-OH is 1. The molecule has 1 rings (SSSR count). The predicted octanol–water partition coefficient (Wildman–Crippen LogP) is 0.0674. The van der Waals surface area contributed by atoms with E-state index in [2.05, 4.69) is 17.3 Å². The number of nitrogens with zero attached hydrogens (tertiary/aromatic N) is 2. The molecule has 1 N–H and O–H groups in total. The monoisotopic (exact) mass is 171 g/mol. The molecule has 12 heavy (non-hydrogen) atoms. The lowest BCUT2D eigenvalue weighted by atomic mass is 10.1. The van der Waals surface area contributed by atoms with Crippen LogP contribution in [0.2, 0.25) is 0 Å². The van der Waals surface area contributed by atoms with Crippen molar-refractivity contribution >= 4 is 0 Å². The molecule has 0 spiro atoms. The average molecular weight is 171 g/mol. The smallest absolute Gasteiger partial charge is 0.0443 e. The molecule has 0 aromatic heterocycles. The van der Waals surface area contributed by atoms with Crippen molar-refractivity contribution in [2.24, 2.45) is 0 Å². The quantitative estimate of drug-likeness (QED) is 0.650. The Labute approximate surface area is 74.8 Å². The maximum Gasteiger partial charge on any atom is 0.0443 e. The SMILES string of the molecule is CN(CCCO)C1CCC[N]C1. The number of rotatable bonds is 4. The molecule has 1 fully saturated rings. The summed E-state index contributed by atoms with van der Waals surface area (Å²) in [5.41, 5.74) is 0. The Balaban J connectivity index is 2.15. The molecule has 1 saturated heterocycles. The van der Waals surface area contributed by atoms with Crippen molar-refractivity contribution in [3.63, 3.8) is 0 Å². The van der Waals surface area contributed by atoms with Crippen LogP contribution in [-0.2, 0) is 0 Å². The Morgan fingerprint density at radius 1 is 1.58 bits per heavy atom. The maximum absolute atomic E-state index is 8.66. The summed E-state index contributed by atoms with van der Waals surface area (Å²) in [6.45, 7) is 3.33. The first kappa shape index (κ1) is 9.96. The lowest BCUT2D eigenvalue weighted by molar-refractivity contribution is 0.180. The predicted molar refractivity (Wildman–Crippen MR) is 49.2 cm³/mol. The molecule has 1 aliphatic heterocycles.